The van der Waals surface area contributed by atoms with E-state index in [1.165, 1.54) is 30.5 Å². The molecule has 160 valence electrons. The molecule has 1 heterocycles. The number of rotatable bonds is 7. The van der Waals surface area contributed by atoms with E-state index in [1.54, 1.807) is 36.7 Å². The van der Waals surface area contributed by atoms with Crippen molar-refractivity contribution in [2.45, 2.75) is 18.7 Å². The van der Waals surface area contributed by atoms with Crippen molar-refractivity contribution in [3.8, 4) is 0 Å². The van der Waals surface area contributed by atoms with Gasteiger partial charge in [0.25, 0.3) is 15.9 Å². The molecule has 3 rings (SSSR count). The van der Waals surface area contributed by atoms with Crippen LogP contribution in [0.1, 0.15) is 16.7 Å². The number of amides is 1. The summed E-state index contributed by atoms with van der Waals surface area (Å²) in [6.45, 7) is 3.36. The monoisotopic (exact) mass is 456 g/mol. The maximum absolute atomic E-state index is 13.3. The molecule has 3 aromatic rings. The predicted octanol–water partition coefficient (Wildman–Crippen LogP) is 3.70. The molecule has 31 heavy (non-hydrogen) atoms. The lowest BCUT2D eigenvalue weighted by molar-refractivity contribution is -0.119. The van der Waals surface area contributed by atoms with Gasteiger partial charge in [-0.25, -0.2) is 13.8 Å². The number of hydrazone groups is 1. The highest BCUT2D eigenvalue weighted by Crippen LogP contribution is 2.26. The Morgan fingerprint density at radius 2 is 1.87 bits per heavy atom. The molecule has 2 aromatic carbocycles. The fourth-order valence-corrected chi connectivity index (χ4v) is 4.27. The Kier molecular flexibility index (Phi) is 7.04. The maximum atomic E-state index is 13.3. The summed E-state index contributed by atoms with van der Waals surface area (Å²) < 4.78 is 27.7. The minimum absolute atomic E-state index is 0.0294. The molecular weight excluding hydrogens is 436 g/mol. The van der Waals surface area contributed by atoms with Gasteiger partial charge in [0.05, 0.1) is 16.8 Å². The van der Waals surface area contributed by atoms with Crippen molar-refractivity contribution in [3.05, 3.63) is 88.7 Å². The van der Waals surface area contributed by atoms with Crippen LogP contribution in [0.5, 0.6) is 0 Å². The molecule has 0 unspecified atom stereocenters. The molecule has 0 aliphatic heterocycles. The first kappa shape index (κ1) is 22.5. The molecule has 0 radical (unpaired) electrons. The molecule has 0 saturated carbocycles. The van der Waals surface area contributed by atoms with Crippen molar-refractivity contribution in [2.24, 2.45) is 5.10 Å². The SMILES string of the molecule is Cc1ccc(N(CC(=O)N/N=C\c2cccnc2)S(=O)(=O)c2ccc(Cl)cc2)cc1C. The summed E-state index contributed by atoms with van der Waals surface area (Å²) in [6.07, 6.45) is 4.64. The first-order valence-electron chi connectivity index (χ1n) is 9.35. The molecule has 1 N–H and O–H groups in total. The quantitative estimate of drug-likeness (QED) is 0.433. The summed E-state index contributed by atoms with van der Waals surface area (Å²) >= 11 is 5.90. The second-order valence-corrected chi connectivity index (χ2v) is 9.11. The molecule has 9 heteroatoms. The second-order valence-electron chi connectivity index (χ2n) is 6.81. The Labute approximate surface area is 186 Å². The number of anilines is 1. The van der Waals surface area contributed by atoms with E-state index in [0.717, 1.165) is 15.4 Å². The number of hydrogen-bond donors (Lipinski definition) is 1. The van der Waals surface area contributed by atoms with E-state index in [0.29, 0.717) is 16.3 Å². The zero-order valence-electron chi connectivity index (χ0n) is 17.0. The van der Waals surface area contributed by atoms with Crippen molar-refractivity contribution in [1.29, 1.82) is 0 Å². The largest absolute Gasteiger partial charge is 0.271 e. The molecule has 0 saturated heterocycles. The molecule has 1 aromatic heterocycles. The number of halogens is 1. The van der Waals surface area contributed by atoms with E-state index in [9.17, 15) is 13.2 Å². The van der Waals surface area contributed by atoms with Gasteiger partial charge in [-0.2, -0.15) is 5.10 Å². The summed E-state index contributed by atoms with van der Waals surface area (Å²) in [6, 6.07) is 14.5. The minimum atomic E-state index is -4.02. The van der Waals surface area contributed by atoms with Crippen LogP contribution < -0.4 is 9.73 Å². The first-order chi connectivity index (χ1) is 14.8. The van der Waals surface area contributed by atoms with Crippen LogP contribution in [0.15, 0.2) is 77.0 Å². The summed E-state index contributed by atoms with van der Waals surface area (Å²) in [7, 11) is -4.02. The first-order valence-corrected chi connectivity index (χ1v) is 11.2. The average molecular weight is 457 g/mol. The van der Waals surface area contributed by atoms with Gasteiger partial charge in [-0.15, -0.1) is 0 Å². The third-order valence-electron chi connectivity index (χ3n) is 4.55. The molecule has 7 nitrogen and oxygen atoms in total. The molecule has 0 bridgehead atoms. The van der Waals surface area contributed by atoms with Gasteiger partial charge in [0.2, 0.25) is 0 Å². The Hall–Kier alpha value is -3.23. The van der Waals surface area contributed by atoms with Crippen LogP contribution in [-0.2, 0) is 14.8 Å². The van der Waals surface area contributed by atoms with Crippen molar-refractivity contribution in [1.82, 2.24) is 10.4 Å². The van der Waals surface area contributed by atoms with Crippen LogP contribution in [0, 0.1) is 13.8 Å². The van der Waals surface area contributed by atoms with Gasteiger partial charge in [-0.05, 0) is 67.4 Å². The normalized spacial score (nSPS) is 11.5. The highest BCUT2D eigenvalue weighted by Gasteiger charge is 2.27. The van der Waals surface area contributed by atoms with Crippen molar-refractivity contribution in [2.75, 3.05) is 10.8 Å². The summed E-state index contributed by atoms with van der Waals surface area (Å²) in [5.74, 6) is -0.587. The molecule has 1 amide bonds. The van der Waals surface area contributed by atoms with Crippen LogP contribution in [0.3, 0.4) is 0 Å². The van der Waals surface area contributed by atoms with E-state index in [1.807, 2.05) is 19.9 Å². The Morgan fingerprint density at radius 1 is 1.13 bits per heavy atom. The second kappa shape index (κ2) is 9.72. The van der Waals surface area contributed by atoms with Crippen molar-refractivity contribution in [3.63, 3.8) is 0 Å². The lowest BCUT2D eigenvalue weighted by atomic mass is 10.1. The van der Waals surface area contributed by atoms with E-state index in [2.05, 4.69) is 15.5 Å². The number of sulfonamides is 1. The number of pyridine rings is 1. The smallest absolute Gasteiger partial charge is 0.264 e. The summed E-state index contributed by atoms with van der Waals surface area (Å²) in [5, 5.41) is 4.30. The minimum Gasteiger partial charge on any atom is -0.271 e. The van der Waals surface area contributed by atoms with E-state index >= 15 is 0 Å². The Morgan fingerprint density at radius 3 is 2.52 bits per heavy atom. The molecular formula is C22H21ClN4O3S. The van der Waals surface area contributed by atoms with Gasteiger partial charge in [-0.1, -0.05) is 23.7 Å². The summed E-state index contributed by atoms with van der Waals surface area (Å²) in [4.78, 5) is 16.5. The number of benzene rings is 2. The number of aryl methyl sites for hydroxylation is 2. The topological polar surface area (TPSA) is 91.7 Å². The third kappa shape index (κ3) is 5.68. The van der Waals surface area contributed by atoms with Gasteiger partial charge in [0.15, 0.2) is 0 Å². The van der Waals surface area contributed by atoms with Crippen LogP contribution in [0.25, 0.3) is 0 Å². The number of nitrogens with zero attached hydrogens (tertiary/aromatic N) is 3. The number of hydrogen-bond acceptors (Lipinski definition) is 5. The van der Waals surface area contributed by atoms with Crippen LogP contribution in [0.2, 0.25) is 5.02 Å². The zero-order valence-corrected chi connectivity index (χ0v) is 18.6. The van der Waals surface area contributed by atoms with Crippen LogP contribution in [0.4, 0.5) is 5.69 Å². The van der Waals surface area contributed by atoms with Gasteiger partial charge < -0.3 is 0 Å². The average Bonchev–Trinajstić information content (AvgIpc) is 2.75. The number of carbonyl (C=O) groups excluding carboxylic acids is 1. The van der Waals surface area contributed by atoms with Crippen LogP contribution >= 0.6 is 11.6 Å². The standard InChI is InChI=1S/C22H21ClN4O3S/c1-16-5-8-20(12-17(16)2)27(31(29,30)21-9-6-19(23)7-10-21)15-22(28)26-25-14-18-4-3-11-24-13-18/h3-14H,15H2,1-2H3,(H,26,28)/b25-14-. The molecule has 0 aliphatic carbocycles. The fourth-order valence-electron chi connectivity index (χ4n) is 2.73. The number of aromatic nitrogens is 1. The van der Waals surface area contributed by atoms with Crippen molar-refractivity contribution >= 4 is 39.4 Å². The Balaban J connectivity index is 1.88. The number of carbonyl (C=O) groups is 1. The molecule has 0 aliphatic rings. The van der Waals surface area contributed by atoms with Gasteiger partial charge in [0.1, 0.15) is 6.54 Å². The third-order valence-corrected chi connectivity index (χ3v) is 6.59. The van der Waals surface area contributed by atoms with Crippen molar-refractivity contribution < 1.29 is 13.2 Å². The highest BCUT2D eigenvalue weighted by atomic mass is 35.5. The lowest BCUT2D eigenvalue weighted by Crippen LogP contribution is -2.39. The van der Waals surface area contributed by atoms with Gasteiger partial charge >= 0.3 is 0 Å². The molecule has 0 atom stereocenters. The van der Waals surface area contributed by atoms with E-state index in [4.69, 9.17) is 11.6 Å². The van der Waals surface area contributed by atoms with Crippen LogP contribution in [-0.4, -0.2) is 32.1 Å². The Bertz CT molecular complexity index is 1200. The van der Waals surface area contributed by atoms with Gasteiger partial charge in [0, 0.05) is 23.0 Å². The van der Waals surface area contributed by atoms with E-state index < -0.39 is 22.5 Å². The van der Waals surface area contributed by atoms with E-state index in [-0.39, 0.29) is 4.90 Å². The predicted molar refractivity (Wildman–Crippen MR) is 122 cm³/mol. The lowest BCUT2D eigenvalue weighted by Gasteiger charge is -2.24. The highest BCUT2D eigenvalue weighted by molar-refractivity contribution is 7.92. The molecule has 0 fully saturated rings. The maximum Gasteiger partial charge on any atom is 0.264 e. The molecule has 0 spiro atoms. The van der Waals surface area contributed by atoms with Gasteiger partial charge in [-0.3, -0.25) is 14.1 Å². The number of nitrogens with one attached hydrogen (secondary N) is 1. The summed E-state index contributed by atoms with van der Waals surface area (Å²) in [5.41, 5.74) is 5.36. The zero-order chi connectivity index (χ0) is 22.4. The fraction of sp³-hybridized carbons (Fsp3) is 0.136.